The number of benzene rings is 1. The van der Waals surface area contributed by atoms with Gasteiger partial charge in [-0.25, -0.2) is 4.79 Å². The first-order valence-corrected chi connectivity index (χ1v) is 45.1. The largest absolute Gasteiger partial charge is 0.480 e. The van der Waals surface area contributed by atoms with Gasteiger partial charge < -0.3 is 165 Å². The molecule has 2 aliphatic rings. The van der Waals surface area contributed by atoms with Crippen LogP contribution in [0.2, 0.25) is 0 Å². The lowest BCUT2D eigenvalue weighted by Gasteiger charge is -2.32. The number of aliphatic hydroxyl groups excluding tert-OH is 7. The predicted molar refractivity (Wildman–Crippen MR) is 482 cm³/mol. The van der Waals surface area contributed by atoms with Crippen molar-refractivity contribution >= 4 is 118 Å². The van der Waals surface area contributed by atoms with Crippen LogP contribution < -0.4 is 114 Å². The van der Waals surface area contributed by atoms with Crippen molar-refractivity contribution in [1.82, 2.24) is 89.6 Å². The number of carboxylic acid groups (broad SMARTS) is 1. The molecule has 1 aromatic carbocycles. The molecule has 135 heavy (non-hydrogen) atoms. The highest BCUT2D eigenvalue weighted by atomic mass is 16.4. The average Bonchev–Trinajstić information content (AvgIpc) is 1.67. The Kier molecular flexibility index (Phi) is 51.8. The molecule has 35 N–H and O–H groups in total. The van der Waals surface area contributed by atoms with Crippen LogP contribution in [-0.2, 0) is 97.5 Å². The SMILES string of the molecule is CCCC[C@H](NC(=O)[C@H](Cc1ccccc1)NC(=O)[C@@H]1CCCN1C(=O)[C@@H](NC(=O)[C@H](CO)NC(=O)[C@H](C)NC(=O)[C@@H](NC(=O)[C@H](CCCN=C(N)N)NC(=O)[C@H](CCCCN)NC(=O)[C@H](CC(C)C)NC(=O)[C@@H](NC(=O)[C@@H]1CCCN1C(=O)CN)[C@@H](C)O)[C@@H](C)O)[C@@H](C)O)C(=O)N[C@@H](CC(N)=O)C(=O)N[C@H](C(=O)N[C@H](C(=O)N[C@@H](CO)C(=O)N[C@@H](CCCCN)C(=O)O)[C@@H](C)O)[C@@H](C)O. The highest BCUT2D eigenvalue weighted by Crippen LogP contribution is 2.23. The van der Waals surface area contributed by atoms with E-state index in [4.69, 9.17) is 34.4 Å². The molecule has 2 heterocycles. The van der Waals surface area contributed by atoms with E-state index in [1.807, 2.05) is 0 Å². The maximum absolute atomic E-state index is 14.7. The second kappa shape index (κ2) is 59.7. The molecule has 0 saturated carbocycles. The average molecular weight is 1920 g/mol. The molecule has 0 unspecified atom stereocenters. The summed E-state index contributed by atoms with van der Waals surface area (Å²) < 4.78 is 0. The van der Waals surface area contributed by atoms with E-state index in [1.54, 1.807) is 51.1 Å². The molecule has 0 aliphatic carbocycles. The minimum atomic E-state index is -2.06. The van der Waals surface area contributed by atoms with Crippen molar-refractivity contribution in [2.24, 2.45) is 45.3 Å². The molecule has 3 rings (SSSR count). The summed E-state index contributed by atoms with van der Waals surface area (Å²) in [6.07, 6.45) is -7.96. The number of rotatable bonds is 61. The molecule has 51 nitrogen and oxygen atoms in total. The number of hydrogen-bond acceptors (Lipinski definition) is 30. The summed E-state index contributed by atoms with van der Waals surface area (Å²) in [5.41, 5.74) is 33.9. The zero-order valence-electron chi connectivity index (χ0n) is 77.7. The number of aliphatic carboxylic acids is 1. The Labute approximate surface area is 781 Å². The summed E-state index contributed by atoms with van der Waals surface area (Å²) in [5.74, 6) is -21.5. The first kappa shape index (κ1) is 117. The van der Waals surface area contributed by atoms with Crippen LogP contribution in [0.15, 0.2) is 35.3 Å². The van der Waals surface area contributed by atoms with Crippen LogP contribution in [0.1, 0.15) is 177 Å². The van der Waals surface area contributed by atoms with Crippen molar-refractivity contribution in [2.45, 2.75) is 311 Å². The maximum atomic E-state index is 14.7. The Morgan fingerprint density at radius 2 is 0.763 bits per heavy atom. The quantitative estimate of drug-likeness (QED) is 0.0164. The number of likely N-dealkylation sites (tertiary alicyclic amines) is 2. The second-order valence-electron chi connectivity index (χ2n) is 33.9. The van der Waals surface area contributed by atoms with E-state index in [0.29, 0.717) is 31.2 Å². The molecule has 22 atom stereocenters. The molecule has 1 aromatic rings. The van der Waals surface area contributed by atoms with E-state index in [1.165, 1.54) is 11.8 Å². The van der Waals surface area contributed by atoms with Crippen molar-refractivity contribution in [3.05, 3.63) is 35.9 Å². The Bertz CT molecular complexity index is 4160. The van der Waals surface area contributed by atoms with Crippen LogP contribution in [0.3, 0.4) is 0 Å². The molecule has 760 valence electrons. The molecule has 2 saturated heterocycles. The van der Waals surface area contributed by atoms with Gasteiger partial charge in [-0.3, -0.25) is 91.3 Å². The highest BCUT2D eigenvalue weighted by molar-refractivity contribution is 6.02. The standard InChI is InChI=1S/C84H142N24O27/c1-10-11-24-49(69(120)97-55(37-60(88)116)73(124)103-65(46(8)114)81(132)105-64(45(7)113)80(131)101-56(39-109)74(125)96-52(83(134)135)26-16-18-31-86)94-72(123)54(36-48-22-13-12-14-23-48)98-76(127)59-29-21-34-108(59)82(133)66(47(9)115)106-75(126)57(40-110)100-67(118)42(4)92-78(129)62(43(5)111)102-70(121)51(27-19-32-91-84(89)90)93-68(119)50(25-15-17-30-85)95-71(122)53(35-41(2)3)99-79(130)63(44(6)112)104-77(128)58-28-20-33-107(58)61(117)38-87/h12-14,22-23,41-47,49-59,62-66,109-115H,10-11,15-21,24-40,85-87H2,1-9H3,(H2,88,116)(H,92,129)(H,93,119)(H,94,123)(H,95,122)(H,96,125)(H,97,120)(H,98,127)(H,99,130)(H,100,118)(H,101,131)(H,102,121)(H,103,124)(H,104,128)(H,105,132)(H,106,126)(H,134,135)(H4,89,90,91)/t42-,43+,44+,45+,46+,47+,49-,50-,51-,52-,53-,54-,55-,56-,57-,58-,59-,62-,63-,64-,65-,66-/m0/s1. The number of primary amides is 1. The number of carbonyl (C=O) groups excluding carboxylic acids is 18. The number of carboxylic acids is 1. The number of nitrogens with one attached hydrogen (secondary N) is 15. The van der Waals surface area contributed by atoms with Crippen LogP contribution in [0, 0.1) is 5.92 Å². The Morgan fingerprint density at radius 1 is 0.400 bits per heavy atom. The van der Waals surface area contributed by atoms with Gasteiger partial charge in [-0.2, -0.15) is 0 Å². The van der Waals surface area contributed by atoms with Gasteiger partial charge in [0.1, 0.15) is 103 Å². The predicted octanol–water partition coefficient (Wildman–Crippen LogP) is -12.1. The molecule has 0 aromatic heterocycles. The molecule has 0 spiro atoms. The molecular formula is C84H142N24O27. The van der Waals surface area contributed by atoms with Gasteiger partial charge in [0.05, 0.1) is 56.7 Å². The summed E-state index contributed by atoms with van der Waals surface area (Å²) >= 11 is 0. The lowest BCUT2D eigenvalue weighted by molar-refractivity contribution is -0.145. The number of carbonyl (C=O) groups is 19. The minimum Gasteiger partial charge on any atom is -0.480 e. The first-order valence-electron chi connectivity index (χ1n) is 45.1. The molecule has 18 amide bonds. The lowest BCUT2D eigenvalue weighted by atomic mass is 10.0. The number of guanidine groups is 1. The van der Waals surface area contributed by atoms with Crippen molar-refractivity contribution in [3.63, 3.8) is 0 Å². The summed E-state index contributed by atoms with van der Waals surface area (Å²) in [4.78, 5) is 269. The van der Waals surface area contributed by atoms with Crippen LogP contribution in [0.25, 0.3) is 0 Å². The van der Waals surface area contributed by atoms with Crippen LogP contribution in [-0.4, -0.2) is 355 Å². The van der Waals surface area contributed by atoms with E-state index in [0.717, 1.165) is 39.5 Å². The minimum absolute atomic E-state index is 0.0129. The van der Waals surface area contributed by atoms with Gasteiger partial charge in [-0.1, -0.05) is 63.9 Å². The normalized spacial score (nSPS) is 18.0. The Morgan fingerprint density at radius 3 is 1.22 bits per heavy atom. The van der Waals surface area contributed by atoms with Gasteiger partial charge in [0, 0.05) is 26.1 Å². The fourth-order valence-electron chi connectivity index (χ4n) is 14.5. The van der Waals surface area contributed by atoms with Gasteiger partial charge >= 0.3 is 5.97 Å². The van der Waals surface area contributed by atoms with Crippen LogP contribution in [0.5, 0.6) is 0 Å². The van der Waals surface area contributed by atoms with Gasteiger partial charge in [-0.05, 0) is 156 Å². The van der Waals surface area contributed by atoms with Crippen molar-refractivity contribution in [1.29, 1.82) is 0 Å². The summed E-state index contributed by atoms with van der Waals surface area (Å²) in [7, 11) is 0. The summed E-state index contributed by atoms with van der Waals surface area (Å²) in [5, 5.41) is 120. The summed E-state index contributed by atoms with van der Waals surface area (Å²) in [6.45, 7) is 9.39. The van der Waals surface area contributed by atoms with E-state index < -0.39 is 265 Å². The number of nitrogens with two attached hydrogens (primary N) is 6. The zero-order valence-corrected chi connectivity index (χ0v) is 77.7. The molecule has 2 aliphatic heterocycles. The molecule has 0 radical (unpaired) electrons. The Balaban J connectivity index is 1.85. The van der Waals surface area contributed by atoms with Gasteiger partial charge in [0.2, 0.25) is 106 Å². The third kappa shape index (κ3) is 39.5. The lowest BCUT2D eigenvalue weighted by Crippen LogP contribution is -2.63. The number of hydrogen-bond donors (Lipinski definition) is 29. The van der Waals surface area contributed by atoms with E-state index in [9.17, 15) is 132 Å². The van der Waals surface area contributed by atoms with Gasteiger partial charge in [-0.15, -0.1) is 0 Å². The first-order chi connectivity index (χ1) is 63.6. The number of amides is 18. The van der Waals surface area contributed by atoms with Crippen LogP contribution in [0.4, 0.5) is 0 Å². The van der Waals surface area contributed by atoms with E-state index >= 15 is 0 Å². The molecule has 0 bridgehead atoms. The van der Waals surface area contributed by atoms with Gasteiger partial charge in [0.15, 0.2) is 5.96 Å². The fraction of sp³-hybridized carbons (Fsp3) is 0.690. The topological polar surface area (TPSA) is 842 Å². The molecule has 2 fully saturated rings. The number of aliphatic imine (C=N–C) groups is 1. The number of unbranched alkanes of at least 4 members (excludes halogenated alkanes) is 3. The van der Waals surface area contributed by atoms with E-state index in [-0.39, 0.29) is 135 Å². The Hall–Kier alpha value is -12.0. The second-order valence-corrected chi connectivity index (χ2v) is 33.9. The highest BCUT2D eigenvalue weighted by Gasteiger charge is 2.45. The smallest absolute Gasteiger partial charge is 0.326 e. The number of nitrogens with zero attached hydrogens (tertiary/aromatic N) is 3. The van der Waals surface area contributed by atoms with E-state index in [2.05, 4.69) is 84.7 Å². The monoisotopic (exact) mass is 1920 g/mol. The van der Waals surface area contributed by atoms with Crippen molar-refractivity contribution in [2.75, 3.05) is 52.5 Å². The molecule has 51 heteroatoms. The summed E-state index contributed by atoms with van der Waals surface area (Å²) in [6, 6.07) is -20.4. The molecular weight excluding hydrogens is 1780 g/mol. The third-order valence-corrected chi connectivity index (χ3v) is 22.1. The maximum Gasteiger partial charge on any atom is 0.326 e. The third-order valence-electron chi connectivity index (χ3n) is 22.1. The van der Waals surface area contributed by atoms with Crippen molar-refractivity contribution < 1.29 is 132 Å². The van der Waals surface area contributed by atoms with Gasteiger partial charge in [0.25, 0.3) is 0 Å². The van der Waals surface area contributed by atoms with Crippen molar-refractivity contribution in [3.8, 4) is 0 Å². The number of aliphatic hydroxyl groups is 7. The fourth-order valence-corrected chi connectivity index (χ4v) is 14.5. The van der Waals surface area contributed by atoms with Crippen LogP contribution >= 0.6 is 0 Å². The zero-order chi connectivity index (χ0) is 102.